The van der Waals surface area contributed by atoms with E-state index in [4.69, 9.17) is 23.2 Å². The van der Waals surface area contributed by atoms with Gasteiger partial charge in [0.25, 0.3) is 0 Å². The molecule has 1 aliphatic rings. The molecule has 1 saturated heterocycles. The second kappa shape index (κ2) is 6.84. The van der Waals surface area contributed by atoms with Crippen molar-refractivity contribution in [3.63, 3.8) is 0 Å². The number of nitrogens with zero attached hydrogens (tertiary/aromatic N) is 2. The first kappa shape index (κ1) is 17.0. The minimum atomic E-state index is -3.53. The van der Waals surface area contributed by atoms with Crippen molar-refractivity contribution in [2.45, 2.75) is 24.1 Å². The molecule has 1 aromatic carbocycles. The van der Waals surface area contributed by atoms with Crippen LogP contribution in [0.4, 0.5) is 0 Å². The normalized spacial score (nSPS) is 18.7. The number of hydrogen-bond donors (Lipinski definition) is 0. The second-order valence-corrected chi connectivity index (χ2v) is 7.99. The molecule has 0 unspecified atom stereocenters. The summed E-state index contributed by atoms with van der Waals surface area (Å²) in [6, 6.07) is 3.25. The Morgan fingerprint density at radius 2 is 1.90 bits per heavy atom. The van der Waals surface area contributed by atoms with Gasteiger partial charge in [0.05, 0.1) is 4.90 Å². The SMILES string of the molecule is Cc1c(CCl)cc(Cl)cc1S(=O)(=O)N1CCCN(C)CC1. The molecule has 0 bridgehead atoms. The van der Waals surface area contributed by atoms with Crippen molar-refractivity contribution in [1.82, 2.24) is 9.21 Å². The van der Waals surface area contributed by atoms with Crippen LogP contribution in [0.3, 0.4) is 0 Å². The summed E-state index contributed by atoms with van der Waals surface area (Å²) in [4.78, 5) is 2.42. The van der Waals surface area contributed by atoms with Crippen LogP contribution in [0, 0.1) is 6.92 Å². The average molecular weight is 351 g/mol. The van der Waals surface area contributed by atoms with Crippen LogP contribution in [-0.2, 0) is 15.9 Å². The average Bonchev–Trinajstić information content (AvgIpc) is 2.66. The van der Waals surface area contributed by atoms with Crippen molar-refractivity contribution in [3.05, 3.63) is 28.3 Å². The molecule has 2 rings (SSSR count). The first-order valence-electron chi connectivity index (χ1n) is 6.90. The van der Waals surface area contributed by atoms with E-state index in [0.717, 1.165) is 25.1 Å². The van der Waals surface area contributed by atoms with E-state index in [2.05, 4.69) is 4.90 Å². The molecular formula is C14H20Cl2N2O2S. The predicted molar refractivity (Wildman–Crippen MR) is 86.6 cm³/mol. The number of sulfonamides is 1. The van der Waals surface area contributed by atoms with Crippen molar-refractivity contribution < 1.29 is 8.42 Å². The van der Waals surface area contributed by atoms with Gasteiger partial charge in [0, 0.05) is 30.5 Å². The van der Waals surface area contributed by atoms with Gasteiger partial charge in [-0.05, 0) is 50.2 Å². The number of benzene rings is 1. The fourth-order valence-corrected chi connectivity index (χ4v) is 4.86. The van der Waals surface area contributed by atoms with Gasteiger partial charge in [-0.3, -0.25) is 0 Å². The zero-order chi connectivity index (χ0) is 15.6. The minimum Gasteiger partial charge on any atom is -0.305 e. The van der Waals surface area contributed by atoms with Gasteiger partial charge >= 0.3 is 0 Å². The summed E-state index contributed by atoms with van der Waals surface area (Å²) in [6.07, 6.45) is 0.831. The fourth-order valence-electron chi connectivity index (χ4n) is 2.52. The van der Waals surface area contributed by atoms with Crippen molar-refractivity contribution in [3.8, 4) is 0 Å². The van der Waals surface area contributed by atoms with E-state index in [9.17, 15) is 8.42 Å². The lowest BCUT2D eigenvalue weighted by Gasteiger charge is -2.22. The van der Waals surface area contributed by atoms with Crippen LogP contribution in [0.1, 0.15) is 17.5 Å². The Hall–Kier alpha value is -0.330. The van der Waals surface area contributed by atoms with Crippen molar-refractivity contribution in [2.75, 3.05) is 33.2 Å². The summed E-state index contributed by atoms with van der Waals surface area (Å²) in [5.41, 5.74) is 1.45. The monoisotopic (exact) mass is 350 g/mol. The summed E-state index contributed by atoms with van der Waals surface area (Å²) in [5.74, 6) is 0.248. The molecule has 0 aromatic heterocycles. The molecule has 0 N–H and O–H groups in total. The van der Waals surface area contributed by atoms with E-state index in [1.165, 1.54) is 6.07 Å². The number of rotatable bonds is 3. The molecule has 1 aromatic rings. The summed E-state index contributed by atoms with van der Waals surface area (Å²) < 4.78 is 27.3. The van der Waals surface area contributed by atoms with E-state index >= 15 is 0 Å². The van der Waals surface area contributed by atoms with E-state index in [-0.39, 0.29) is 10.8 Å². The van der Waals surface area contributed by atoms with Gasteiger partial charge in [-0.2, -0.15) is 4.31 Å². The summed E-state index contributed by atoms with van der Waals surface area (Å²) in [6.45, 7) is 4.47. The second-order valence-electron chi connectivity index (χ2n) is 5.38. The van der Waals surface area contributed by atoms with Gasteiger partial charge in [-0.1, -0.05) is 11.6 Å². The Morgan fingerprint density at radius 1 is 1.19 bits per heavy atom. The van der Waals surface area contributed by atoms with Gasteiger partial charge in [0.2, 0.25) is 10.0 Å². The van der Waals surface area contributed by atoms with Gasteiger partial charge < -0.3 is 4.90 Å². The topological polar surface area (TPSA) is 40.6 Å². The molecule has 0 atom stereocenters. The lowest BCUT2D eigenvalue weighted by atomic mass is 10.1. The maximum absolute atomic E-state index is 12.9. The molecule has 21 heavy (non-hydrogen) atoms. The van der Waals surface area contributed by atoms with E-state index in [1.54, 1.807) is 17.3 Å². The van der Waals surface area contributed by atoms with Crippen LogP contribution in [0.5, 0.6) is 0 Å². The van der Waals surface area contributed by atoms with E-state index in [1.807, 2.05) is 7.05 Å². The predicted octanol–water partition coefficient (Wildman–Crippen LogP) is 2.71. The third-order valence-electron chi connectivity index (χ3n) is 3.87. The number of halogens is 2. The largest absolute Gasteiger partial charge is 0.305 e. The Labute approximate surface area is 136 Å². The summed E-state index contributed by atoms with van der Waals surface area (Å²) in [7, 11) is -1.52. The van der Waals surface area contributed by atoms with Crippen molar-refractivity contribution in [1.29, 1.82) is 0 Å². The van der Waals surface area contributed by atoms with Crippen LogP contribution in [0.25, 0.3) is 0 Å². The Bertz CT molecular complexity index is 620. The highest BCUT2D eigenvalue weighted by atomic mass is 35.5. The van der Waals surface area contributed by atoms with Crippen LogP contribution in [0.15, 0.2) is 17.0 Å². The molecule has 0 aliphatic carbocycles. The quantitative estimate of drug-likeness (QED) is 0.787. The first-order valence-corrected chi connectivity index (χ1v) is 9.25. The molecule has 118 valence electrons. The third kappa shape index (κ3) is 3.71. The van der Waals surface area contributed by atoms with Crippen molar-refractivity contribution >= 4 is 33.2 Å². The van der Waals surface area contributed by atoms with Crippen LogP contribution in [-0.4, -0.2) is 50.8 Å². The van der Waals surface area contributed by atoms with Gasteiger partial charge in [-0.15, -0.1) is 11.6 Å². The van der Waals surface area contributed by atoms with Crippen LogP contribution in [0.2, 0.25) is 5.02 Å². The number of alkyl halides is 1. The molecule has 1 heterocycles. The zero-order valence-corrected chi connectivity index (χ0v) is 14.6. The van der Waals surface area contributed by atoms with E-state index < -0.39 is 10.0 Å². The Morgan fingerprint density at radius 3 is 2.57 bits per heavy atom. The zero-order valence-electron chi connectivity index (χ0n) is 12.3. The maximum atomic E-state index is 12.9. The highest BCUT2D eigenvalue weighted by Crippen LogP contribution is 2.28. The molecule has 0 spiro atoms. The van der Waals surface area contributed by atoms with E-state index in [0.29, 0.717) is 23.7 Å². The first-order chi connectivity index (χ1) is 9.86. The molecule has 0 radical (unpaired) electrons. The lowest BCUT2D eigenvalue weighted by molar-refractivity contribution is 0.347. The summed E-state index contributed by atoms with van der Waals surface area (Å²) in [5, 5.41) is 0.404. The highest BCUT2D eigenvalue weighted by molar-refractivity contribution is 7.89. The summed E-state index contributed by atoms with van der Waals surface area (Å²) >= 11 is 11.9. The van der Waals surface area contributed by atoms with Crippen molar-refractivity contribution in [2.24, 2.45) is 0 Å². The van der Waals surface area contributed by atoms with Gasteiger partial charge in [0.1, 0.15) is 0 Å². The molecule has 0 saturated carbocycles. The molecule has 1 fully saturated rings. The molecule has 4 nitrogen and oxygen atoms in total. The smallest absolute Gasteiger partial charge is 0.243 e. The minimum absolute atomic E-state index is 0.248. The van der Waals surface area contributed by atoms with Crippen LogP contribution >= 0.6 is 23.2 Å². The molecule has 7 heteroatoms. The Balaban J connectivity index is 2.42. The van der Waals surface area contributed by atoms with Gasteiger partial charge in [0.15, 0.2) is 0 Å². The lowest BCUT2D eigenvalue weighted by Crippen LogP contribution is -2.35. The number of hydrogen-bond acceptors (Lipinski definition) is 3. The molecule has 0 amide bonds. The third-order valence-corrected chi connectivity index (χ3v) is 6.40. The number of likely N-dealkylation sites (N-methyl/N-ethyl adjacent to an activating group) is 1. The van der Waals surface area contributed by atoms with Crippen LogP contribution < -0.4 is 0 Å². The standard InChI is InChI=1S/C14H20Cl2N2O2S/c1-11-12(10-15)8-13(16)9-14(11)21(19,20)18-5-3-4-17(2)6-7-18/h8-9H,3-7,10H2,1-2H3. The van der Waals surface area contributed by atoms with Gasteiger partial charge in [-0.25, -0.2) is 8.42 Å². The Kier molecular flexibility index (Phi) is 5.54. The highest BCUT2D eigenvalue weighted by Gasteiger charge is 2.28. The maximum Gasteiger partial charge on any atom is 0.243 e. The molecular weight excluding hydrogens is 331 g/mol. The fraction of sp³-hybridized carbons (Fsp3) is 0.571. The molecule has 1 aliphatic heterocycles.